The first kappa shape index (κ1) is 20.3. The fourth-order valence-electron chi connectivity index (χ4n) is 4.53. The summed E-state index contributed by atoms with van der Waals surface area (Å²) < 4.78 is 18.1. The van der Waals surface area contributed by atoms with E-state index in [-0.39, 0.29) is 12.7 Å². The highest BCUT2D eigenvalue weighted by Gasteiger charge is 2.26. The Bertz CT molecular complexity index is 1380. The first-order valence-electron chi connectivity index (χ1n) is 11.1. The number of piperazine rings is 1. The van der Waals surface area contributed by atoms with Gasteiger partial charge in [-0.25, -0.2) is 9.50 Å². The Labute approximate surface area is 196 Å². The number of hydrogen-bond acceptors (Lipinski definition) is 7. The quantitative estimate of drug-likeness (QED) is 0.466. The van der Waals surface area contributed by atoms with Crippen LogP contribution in [0.3, 0.4) is 0 Å². The van der Waals surface area contributed by atoms with E-state index in [1.54, 1.807) is 24.0 Å². The molecule has 4 aromatic rings. The Balaban J connectivity index is 1.24. The molecular weight excluding hydrogens is 434 g/mol. The maximum absolute atomic E-state index is 13.4. The number of rotatable bonds is 4. The summed E-state index contributed by atoms with van der Waals surface area (Å²) in [5.41, 5.74) is 3.80. The van der Waals surface area contributed by atoms with Gasteiger partial charge in [0.25, 0.3) is 5.91 Å². The predicted octanol–water partition coefficient (Wildman–Crippen LogP) is 3.10. The van der Waals surface area contributed by atoms with Crippen molar-refractivity contribution in [2.45, 2.75) is 0 Å². The van der Waals surface area contributed by atoms with Crippen molar-refractivity contribution in [1.29, 1.82) is 0 Å². The molecule has 0 spiro atoms. The third-order valence-corrected chi connectivity index (χ3v) is 6.29. The predicted molar refractivity (Wildman–Crippen MR) is 126 cm³/mol. The highest BCUT2D eigenvalue weighted by Crippen LogP contribution is 2.36. The van der Waals surface area contributed by atoms with Crippen LogP contribution >= 0.6 is 0 Å². The minimum absolute atomic E-state index is 0.0648. The maximum atomic E-state index is 13.4. The molecule has 0 aliphatic carbocycles. The lowest BCUT2D eigenvalue weighted by Gasteiger charge is -2.36. The number of para-hydroxylation sites is 2. The van der Waals surface area contributed by atoms with E-state index < -0.39 is 0 Å². The van der Waals surface area contributed by atoms with Crippen LogP contribution < -0.4 is 19.1 Å². The van der Waals surface area contributed by atoms with Crippen LogP contribution in [0.1, 0.15) is 10.4 Å². The lowest BCUT2D eigenvalue weighted by Crippen LogP contribution is -2.48. The number of hydrogen-bond donors (Lipinski definition) is 0. The van der Waals surface area contributed by atoms with Gasteiger partial charge < -0.3 is 24.0 Å². The number of amides is 1. The van der Waals surface area contributed by atoms with Crippen LogP contribution in [-0.2, 0) is 0 Å². The second-order valence-corrected chi connectivity index (χ2v) is 8.14. The van der Waals surface area contributed by atoms with Gasteiger partial charge in [0, 0.05) is 37.9 Å². The van der Waals surface area contributed by atoms with E-state index in [2.05, 4.69) is 15.0 Å². The molecule has 2 aromatic carbocycles. The fraction of sp³-hybridized carbons (Fsp3) is 0.240. The number of nitrogens with zero attached hydrogens (tertiary/aromatic N) is 5. The summed E-state index contributed by atoms with van der Waals surface area (Å²) in [6.07, 6.45) is 3.31. The van der Waals surface area contributed by atoms with E-state index in [9.17, 15) is 4.79 Å². The lowest BCUT2D eigenvalue weighted by molar-refractivity contribution is 0.0748. The third kappa shape index (κ3) is 3.37. The first-order chi connectivity index (χ1) is 16.7. The van der Waals surface area contributed by atoms with E-state index in [1.165, 1.54) is 0 Å². The largest absolute Gasteiger partial charge is 0.495 e. The van der Waals surface area contributed by atoms with Crippen molar-refractivity contribution in [3.63, 3.8) is 0 Å². The molecule has 2 aromatic heterocycles. The molecule has 0 bridgehead atoms. The van der Waals surface area contributed by atoms with Crippen molar-refractivity contribution in [2.75, 3.05) is 45.0 Å². The molecule has 6 rings (SSSR count). The molecule has 9 heteroatoms. The molecule has 34 heavy (non-hydrogen) atoms. The monoisotopic (exact) mass is 457 g/mol. The van der Waals surface area contributed by atoms with Crippen LogP contribution in [0.5, 0.6) is 17.2 Å². The molecular formula is C25H23N5O4. The number of ether oxygens (including phenoxy) is 3. The molecule has 0 saturated carbocycles. The summed E-state index contributed by atoms with van der Waals surface area (Å²) in [6, 6.07) is 15.6. The van der Waals surface area contributed by atoms with Crippen LogP contribution in [0.2, 0.25) is 0 Å². The highest BCUT2D eigenvalue weighted by atomic mass is 16.7. The summed E-state index contributed by atoms with van der Waals surface area (Å²) in [4.78, 5) is 22.0. The van der Waals surface area contributed by atoms with E-state index in [0.717, 1.165) is 41.5 Å². The standard InChI is InChI=1S/C25H23N5O4/c1-32-21-5-3-2-4-20(21)28-10-12-29(13-11-28)25(31)18-15-27-30-19(8-9-26-24(18)30)17-6-7-22-23(14-17)34-16-33-22/h2-9,14-15H,10-13,16H2,1H3. The summed E-state index contributed by atoms with van der Waals surface area (Å²) in [5, 5.41) is 4.50. The van der Waals surface area contributed by atoms with Crippen LogP contribution in [0.15, 0.2) is 60.9 Å². The van der Waals surface area contributed by atoms with E-state index in [0.29, 0.717) is 30.0 Å². The summed E-state index contributed by atoms with van der Waals surface area (Å²) in [6.45, 7) is 2.88. The zero-order valence-electron chi connectivity index (χ0n) is 18.7. The number of methoxy groups -OCH3 is 1. The average Bonchev–Trinajstić information content (AvgIpc) is 3.55. The van der Waals surface area contributed by atoms with E-state index >= 15 is 0 Å². The molecule has 1 saturated heterocycles. The topological polar surface area (TPSA) is 81.4 Å². The number of fused-ring (bicyclic) bond motifs is 2. The molecule has 172 valence electrons. The maximum Gasteiger partial charge on any atom is 0.259 e. The van der Waals surface area contributed by atoms with Gasteiger partial charge in [-0.15, -0.1) is 0 Å². The van der Waals surface area contributed by atoms with Crippen LogP contribution in [0.4, 0.5) is 5.69 Å². The average molecular weight is 457 g/mol. The summed E-state index contributed by atoms with van der Waals surface area (Å²) in [5.74, 6) is 2.19. The number of carbonyl (C=O) groups is 1. The van der Waals surface area contributed by atoms with Gasteiger partial charge in [0.15, 0.2) is 17.1 Å². The number of aromatic nitrogens is 3. The molecule has 2 aliphatic rings. The minimum atomic E-state index is -0.0648. The van der Waals surface area contributed by atoms with E-state index in [1.807, 2.05) is 53.4 Å². The smallest absolute Gasteiger partial charge is 0.259 e. The zero-order chi connectivity index (χ0) is 23.1. The Kier molecular flexibility index (Phi) is 4.94. The molecule has 0 unspecified atom stereocenters. The second-order valence-electron chi connectivity index (χ2n) is 8.14. The molecule has 0 N–H and O–H groups in total. The van der Waals surface area contributed by atoms with Crippen molar-refractivity contribution >= 4 is 17.2 Å². The minimum Gasteiger partial charge on any atom is -0.495 e. The second kappa shape index (κ2) is 8.26. The van der Waals surface area contributed by atoms with Crippen molar-refractivity contribution in [2.24, 2.45) is 0 Å². The van der Waals surface area contributed by atoms with Crippen LogP contribution in [0.25, 0.3) is 16.9 Å². The summed E-state index contributed by atoms with van der Waals surface area (Å²) in [7, 11) is 1.68. The van der Waals surface area contributed by atoms with Gasteiger partial charge in [0.2, 0.25) is 6.79 Å². The van der Waals surface area contributed by atoms with Gasteiger partial charge in [-0.05, 0) is 36.4 Å². The van der Waals surface area contributed by atoms with Crippen molar-refractivity contribution in [1.82, 2.24) is 19.5 Å². The normalized spacial score (nSPS) is 15.1. The number of carbonyl (C=O) groups excluding carboxylic acids is 1. The van der Waals surface area contributed by atoms with Gasteiger partial charge in [-0.1, -0.05) is 12.1 Å². The molecule has 4 heterocycles. The lowest BCUT2D eigenvalue weighted by atomic mass is 10.1. The third-order valence-electron chi connectivity index (χ3n) is 6.29. The van der Waals surface area contributed by atoms with E-state index in [4.69, 9.17) is 14.2 Å². The van der Waals surface area contributed by atoms with Crippen molar-refractivity contribution in [3.8, 4) is 28.5 Å². The van der Waals surface area contributed by atoms with Crippen molar-refractivity contribution in [3.05, 3.63) is 66.5 Å². The molecule has 1 fully saturated rings. The summed E-state index contributed by atoms with van der Waals surface area (Å²) >= 11 is 0. The molecule has 1 amide bonds. The zero-order valence-corrected chi connectivity index (χ0v) is 18.7. The van der Waals surface area contributed by atoms with Gasteiger partial charge in [-0.2, -0.15) is 5.10 Å². The van der Waals surface area contributed by atoms with Gasteiger partial charge in [0.1, 0.15) is 11.3 Å². The van der Waals surface area contributed by atoms with Gasteiger partial charge in [-0.3, -0.25) is 4.79 Å². The first-order valence-corrected chi connectivity index (χ1v) is 11.1. The molecule has 0 atom stereocenters. The Morgan fingerprint density at radius 1 is 1.00 bits per heavy atom. The highest BCUT2D eigenvalue weighted by molar-refractivity contribution is 6.00. The molecule has 0 radical (unpaired) electrons. The Hall–Kier alpha value is -4.27. The fourth-order valence-corrected chi connectivity index (χ4v) is 4.53. The van der Waals surface area contributed by atoms with Crippen molar-refractivity contribution < 1.29 is 19.0 Å². The van der Waals surface area contributed by atoms with Crippen LogP contribution in [0, 0.1) is 0 Å². The van der Waals surface area contributed by atoms with Gasteiger partial charge >= 0.3 is 0 Å². The Morgan fingerprint density at radius 3 is 2.68 bits per heavy atom. The molecule has 9 nitrogen and oxygen atoms in total. The SMILES string of the molecule is COc1ccccc1N1CCN(C(=O)c2cnn3c(-c4ccc5c(c4)OCO5)ccnc23)CC1. The number of anilines is 1. The van der Waals surface area contributed by atoms with Gasteiger partial charge in [0.05, 0.1) is 24.7 Å². The van der Waals surface area contributed by atoms with Crippen LogP contribution in [-0.4, -0.2) is 65.5 Å². The molecule has 2 aliphatic heterocycles. The number of benzene rings is 2. The Morgan fingerprint density at radius 2 is 1.82 bits per heavy atom.